The van der Waals surface area contributed by atoms with Gasteiger partial charge < -0.3 is 10.5 Å². The van der Waals surface area contributed by atoms with Crippen LogP contribution in [-0.2, 0) is 0 Å². The summed E-state index contributed by atoms with van der Waals surface area (Å²) in [6, 6.07) is 14.0. The van der Waals surface area contributed by atoms with Crippen molar-refractivity contribution in [2.45, 2.75) is 13.0 Å². The molecule has 19 heavy (non-hydrogen) atoms. The number of nitrogens with two attached hydrogens (primary N) is 1. The third-order valence-electron chi connectivity index (χ3n) is 2.86. The molecule has 2 aromatic carbocycles. The largest absolute Gasteiger partial charge is 0.494 e. The Bertz CT molecular complexity index is 574. The Morgan fingerprint density at radius 1 is 1.21 bits per heavy atom. The summed E-state index contributed by atoms with van der Waals surface area (Å²) in [6.45, 7) is 2.63. The zero-order valence-electron chi connectivity index (χ0n) is 10.6. The summed E-state index contributed by atoms with van der Waals surface area (Å²) in [7, 11) is 0. The molecule has 1 atom stereocenters. The van der Waals surface area contributed by atoms with Gasteiger partial charge in [-0.15, -0.1) is 0 Å². The molecule has 0 heterocycles. The van der Waals surface area contributed by atoms with Crippen LogP contribution in [0.3, 0.4) is 0 Å². The van der Waals surface area contributed by atoms with E-state index in [9.17, 15) is 0 Å². The SMILES string of the molecule is CCOc1ccc(C(N)c2ccccc2I)c(Br)c1. The van der Waals surface area contributed by atoms with Crippen molar-refractivity contribution in [2.75, 3.05) is 6.61 Å². The lowest BCUT2D eigenvalue weighted by Gasteiger charge is -2.17. The maximum atomic E-state index is 6.37. The van der Waals surface area contributed by atoms with Crippen molar-refractivity contribution in [3.8, 4) is 5.75 Å². The molecular weight excluding hydrogens is 417 g/mol. The average Bonchev–Trinajstić information content (AvgIpc) is 2.39. The molecular formula is C15H15BrINO. The fourth-order valence-electron chi connectivity index (χ4n) is 1.91. The number of hydrogen-bond donors (Lipinski definition) is 1. The molecule has 0 aliphatic heterocycles. The first kappa shape index (κ1) is 14.8. The van der Waals surface area contributed by atoms with Crippen LogP contribution in [-0.4, -0.2) is 6.61 Å². The van der Waals surface area contributed by atoms with Crippen LogP contribution < -0.4 is 10.5 Å². The molecule has 0 amide bonds. The third-order valence-corrected chi connectivity index (χ3v) is 4.53. The molecule has 0 spiro atoms. The predicted molar refractivity (Wildman–Crippen MR) is 90.5 cm³/mol. The van der Waals surface area contributed by atoms with Crippen molar-refractivity contribution in [2.24, 2.45) is 5.73 Å². The Balaban J connectivity index is 2.34. The summed E-state index contributed by atoms with van der Waals surface area (Å²) >= 11 is 5.89. The summed E-state index contributed by atoms with van der Waals surface area (Å²) in [5, 5.41) is 0. The molecule has 0 saturated carbocycles. The molecule has 2 rings (SSSR count). The van der Waals surface area contributed by atoms with E-state index >= 15 is 0 Å². The highest BCUT2D eigenvalue weighted by atomic mass is 127. The van der Waals surface area contributed by atoms with E-state index in [0.717, 1.165) is 21.3 Å². The second-order valence-corrected chi connectivity index (χ2v) is 6.13. The average molecular weight is 432 g/mol. The summed E-state index contributed by atoms with van der Waals surface area (Å²) in [4.78, 5) is 0. The van der Waals surface area contributed by atoms with Gasteiger partial charge in [0.05, 0.1) is 12.6 Å². The van der Waals surface area contributed by atoms with Crippen LogP contribution in [0.2, 0.25) is 0 Å². The molecule has 0 aliphatic carbocycles. The number of rotatable bonds is 4. The quantitative estimate of drug-likeness (QED) is 0.723. The first-order valence-corrected chi connectivity index (χ1v) is 7.93. The molecule has 2 N–H and O–H groups in total. The number of ether oxygens (including phenoxy) is 1. The van der Waals surface area contributed by atoms with Gasteiger partial charge in [0.25, 0.3) is 0 Å². The lowest BCUT2D eigenvalue weighted by Crippen LogP contribution is -2.14. The van der Waals surface area contributed by atoms with Crippen molar-refractivity contribution in [3.05, 3.63) is 61.6 Å². The molecule has 0 saturated heterocycles. The van der Waals surface area contributed by atoms with E-state index in [2.05, 4.69) is 50.7 Å². The molecule has 0 fully saturated rings. The van der Waals surface area contributed by atoms with E-state index in [1.807, 2.05) is 37.3 Å². The molecule has 2 nitrogen and oxygen atoms in total. The molecule has 0 bridgehead atoms. The van der Waals surface area contributed by atoms with E-state index in [1.165, 1.54) is 3.57 Å². The minimum absolute atomic E-state index is 0.141. The number of hydrogen-bond acceptors (Lipinski definition) is 2. The maximum absolute atomic E-state index is 6.37. The second kappa shape index (κ2) is 6.72. The van der Waals surface area contributed by atoms with Crippen molar-refractivity contribution in [1.82, 2.24) is 0 Å². The summed E-state index contributed by atoms with van der Waals surface area (Å²) in [6.07, 6.45) is 0. The lowest BCUT2D eigenvalue weighted by molar-refractivity contribution is 0.340. The van der Waals surface area contributed by atoms with Gasteiger partial charge in [0.1, 0.15) is 5.75 Å². The van der Waals surface area contributed by atoms with Gasteiger partial charge in [-0.05, 0) is 58.8 Å². The van der Waals surface area contributed by atoms with Crippen LogP contribution >= 0.6 is 38.5 Å². The molecule has 1 unspecified atom stereocenters. The normalized spacial score (nSPS) is 12.2. The van der Waals surface area contributed by atoms with E-state index in [-0.39, 0.29) is 6.04 Å². The summed E-state index contributed by atoms with van der Waals surface area (Å²) in [5.41, 5.74) is 8.56. The standard InChI is InChI=1S/C15H15BrINO/c1-2-19-10-7-8-11(13(16)9-10)15(18)12-5-3-4-6-14(12)17/h3-9,15H,2,18H2,1H3. The van der Waals surface area contributed by atoms with Crippen LogP contribution in [0, 0.1) is 3.57 Å². The Hall–Kier alpha value is -0.590. The molecule has 2 aromatic rings. The predicted octanol–water partition coefficient (Wildman–Crippen LogP) is 4.50. The van der Waals surface area contributed by atoms with Gasteiger partial charge >= 0.3 is 0 Å². The van der Waals surface area contributed by atoms with Crippen LogP contribution in [0.25, 0.3) is 0 Å². The van der Waals surface area contributed by atoms with Crippen molar-refractivity contribution in [1.29, 1.82) is 0 Å². The van der Waals surface area contributed by atoms with Crippen LogP contribution in [0.15, 0.2) is 46.9 Å². The van der Waals surface area contributed by atoms with Gasteiger partial charge in [0.2, 0.25) is 0 Å². The van der Waals surface area contributed by atoms with Gasteiger partial charge in [-0.25, -0.2) is 0 Å². The molecule has 100 valence electrons. The van der Waals surface area contributed by atoms with Gasteiger partial charge in [-0.1, -0.05) is 40.2 Å². The number of halogens is 2. The Morgan fingerprint density at radius 2 is 1.95 bits per heavy atom. The van der Waals surface area contributed by atoms with Gasteiger partial charge in [-0.3, -0.25) is 0 Å². The van der Waals surface area contributed by atoms with Crippen molar-refractivity contribution >= 4 is 38.5 Å². The fourth-order valence-corrected chi connectivity index (χ4v) is 3.24. The van der Waals surface area contributed by atoms with Gasteiger partial charge in [0.15, 0.2) is 0 Å². The summed E-state index contributed by atoms with van der Waals surface area (Å²) < 4.78 is 7.63. The first-order valence-electron chi connectivity index (χ1n) is 6.05. The van der Waals surface area contributed by atoms with Crippen LogP contribution in [0.5, 0.6) is 5.75 Å². The summed E-state index contributed by atoms with van der Waals surface area (Å²) in [5.74, 6) is 0.855. The zero-order chi connectivity index (χ0) is 13.8. The molecule has 0 aliphatic rings. The topological polar surface area (TPSA) is 35.2 Å². The highest BCUT2D eigenvalue weighted by molar-refractivity contribution is 14.1. The smallest absolute Gasteiger partial charge is 0.120 e. The van der Waals surface area contributed by atoms with Gasteiger partial charge in [-0.2, -0.15) is 0 Å². The maximum Gasteiger partial charge on any atom is 0.120 e. The van der Waals surface area contributed by atoms with E-state index < -0.39 is 0 Å². The van der Waals surface area contributed by atoms with Crippen LogP contribution in [0.4, 0.5) is 0 Å². The monoisotopic (exact) mass is 431 g/mol. The second-order valence-electron chi connectivity index (χ2n) is 4.12. The fraction of sp³-hybridized carbons (Fsp3) is 0.200. The van der Waals surface area contributed by atoms with Crippen molar-refractivity contribution in [3.63, 3.8) is 0 Å². The Kier molecular flexibility index (Phi) is 5.24. The Labute approximate surface area is 135 Å². The van der Waals surface area contributed by atoms with E-state index in [4.69, 9.17) is 10.5 Å². The van der Waals surface area contributed by atoms with Crippen LogP contribution in [0.1, 0.15) is 24.1 Å². The van der Waals surface area contributed by atoms with Gasteiger partial charge in [0, 0.05) is 8.04 Å². The molecule has 0 radical (unpaired) electrons. The highest BCUT2D eigenvalue weighted by Gasteiger charge is 2.15. The molecule has 4 heteroatoms. The third kappa shape index (κ3) is 3.49. The highest BCUT2D eigenvalue weighted by Crippen LogP contribution is 2.31. The lowest BCUT2D eigenvalue weighted by atomic mass is 10.00. The minimum Gasteiger partial charge on any atom is -0.494 e. The van der Waals surface area contributed by atoms with Crippen molar-refractivity contribution < 1.29 is 4.74 Å². The van der Waals surface area contributed by atoms with E-state index in [1.54, 1.807) is 0 Å². The van der Waals surface area contributed by atoms with E-state index in [0.29, 0.717) is 6.61 Å². The molecule has 0 aromatic heterocycles. The Morgan fingerprint density at radius 3 is 2.58 bits per heavy atom. The first-order chi connectivity index (χ1) is 9.13. The minimum atomic E-state index is -0.141. The number of benzene rings is 2. The zero-order valence-corrected chi connectivity index (χ0v) is 14.3.